The van der Waals surface area contributed by atoms with Gasteiger partial charge in [-0.25, -0.2) is 4.79 Å². The molecule has 0 aromatic rings. The topological polar surface area (TPSA) is 52.6 Å². The number of esters is 1. The van der Waals surface area contributed by atoms with Crippen molar-refractivity contribution in [2.24, 2.45) is 0 Å². The highest BCUT2D eigenvalue weighted by molar-refractivity contribution is 5.90. The fourth-order valence-electron chi connectivity index (χ4n) is 1.99. The lowest BCUT2D eigenvalue weighted by atomic mass is 9.87. The second-order valence-electron chi connectivity index (χ2n) is 4.71. The molecular formula is C11H18O4. The molecule has 0 bridgehead atoms. The quantitative estimate of drug-likeness (QED) is 0.653. The molecule has 0 radical (unpaired) electrons. The van der Waals surface area contributed by atoms with Gasteiger partial charge in [-0.2, -0.15) is 0 Å². The zero-order valence-corrected chi connectivity index (χ0v) is 9.75. The molecule has 1 aliphatic heterocycles. The van der Waals surface area contributed by atoms with E-state index in [2.05, 4.69) is 0 Å². The number of rotatable bonds is 2. The van der Waals surface area contributed by atoms with Gasteiger partial charge in [0.1, 0.15) is 5.78 Å². The van der Waals surface area contributed by atoms with E-state index < -0.39 is 17.2 Å². The van der Waals surface area contributed by atoms with E-state index in [0.717, 1.165) is 0 Å². The normalized spacial score (nSPS) is 30.0. The minimum atomic E-state index is -1.12. The average Bonchev–Trinajstić information content (AvgIpc) is 1.99. The summed E-state index contributed by atoms with van der Waals surface area (Å²) < 4.78 is 10.6. The summed E-state index contributed by atoms with van der Waals surface area (Å²) in [5, 5.41) is 0. The van der Waals surface area contributed by atoms with Gasteiger partial charge >= 0.3 is 5.97 Å². The summed E-state index contributed by atoms with van der Waals surface area (Å²) in [5.74, 6) is -0.409. The van der Waals surface area contributed by atoms with Crippen LogP contribution in [0.4, 0.5) is 0 Å². The Bertz CT molecular complexity index is 282. The standard InChI is InChI=1S/C11H18O4/c1-5-14-9(13)11(4)7-8(12)6-10(2,3)15-11/h5-7H2,1-4H3. The molecule has 4 heteroatoms. The molecule has 0 saturated carbocycles. The Hall–Kier alpha value is -0.900. The summed E-state index contributed by atoms with van der Waals surface area (Å²) in [6, 6.07) is 0. The van der Waals surface area contributed by atoms with Crippen LogP contribution in [0.5, 0.6) is 0 Å². The Morgan fingerprint density at radius 1 is 1.40 bits per heavy atom. The molecule has 1 saturated heterocycles. The van der Waals surface area contributed by atoms with Crippen molar-refractivity contribution in [1.82, 2.24) is 0 Å². The number of carbonyl (C=O) groups is 2. The highest BCUT2D eigenvalue weighted by atomic mass is 16.6. The summed E-state index contributed by atoms with van der Waals surface area (Å²) in [6.45, 7) is 7.26. The van der Waals surface area contributed by atoms with Crippen LogP contribution in [0.1, 0.15) is 40.5 Å². The van der Waals surface area contributed by atoms with Crippen molar-refractivity contribution in [3.63, 3.8) is 0 Å². The summed E-state index contributed by atoms with van der Waals surface area (Å²) >= 11 is 0. The number of ketones is 1. The van der Waals surface area contributed by atoms with E-state index in [-0.39, 0.29) is 12.2 Å². The van der Waals surface area contributed by atoms with Crippen molar-refractivity contribution >= 4 is 11.8 Å². The second kappa shape index (κ2) is 3.93. The predicted molar refractivity (Wildman–Crippen MR) is 54.4 cm³/mol. The highest BCUT2D eigenvalue weighted by Gasteiger charge is 2.47. The van der Waals surface area contributed by atoms with Crippen molar-refractivity contribution in [2.75, 3.05) is 6.61 Å². The number of hydrogen-bond acceptors (Lipinski definition) is 4. The van der Waals surface area contributed by atoms with Crippen molar-refractivity contribution in [2.45, 2.75) is 51.7 Å². The summed E-state index contributed by atoms with van der Waals surface area (Å²) in [7, 11) is 0. The lowest BCUT2D eigenvalue weighted by Crippen LogP contribution is -2.52. The Balaban J connectivity index is 2.83. The number of carbonyl (C=O) groups excluding carboxylic acids is 2. The van der Waals surface area contributed by atoms with Crippen LogP contribution >= 0.6 is 0 Å². The van der Waals surface area contributed by atoms with Gasteiger partial charge in [-0.1, -0.05) is 0 Å². The fraction of sp³-hybridized carbons (Fsp3) is 0.818. The third-order valence-electron chi connectivity index (χ3n) is 2.37. The van der Waals surface area contributed by atoms with Crippen LogP contribution < -0.4 is 0 Å². The highest BCUT2D eigenvalue weighted by Crippen LogP contribution is 2.33. The molecule has 0 aliphatic carbocycles. The first kappa shape index (κ1) is 12.2. The van der Waals surface area contributed by atoms with Gasteiger partial charge < -0.3 is 9.47 Å². The van der Waals surface area contributed by atoms with Crippen molar-refractivity contribution in [3.8, 4) is 0 Å². The molecule has 0 aromatic carbocycles. The van der Waals surface area contributed by atoms with Gasteiger partial charge in [0.15, 0.2) is 5.60 Å². The fourth-order valence-corrected chi connectivity index (χ4v) is 1.99. The Morgan fingerprint density at radius 3 is 2.47 bits per heavy atom. The summed E-state index contributed by atoms with van der Waals surface area (Å²) in [6.07, 6.45) is 0.456. The lowest BCUT2D eigenvalue weighted by Gasteiger charge is -2.40. The molecule has 0 spiro atoms. The molecule has 0 aromatic heterocycles. The van der Waals surface area contributed by atoms with Crippen LogP contribution in [-0.4, -0.2) is 29.6 Å². The van der Waals surface area contributed by atoms with E-state index in [9.17, 15) is 9.59 Å². The van der Waals surface area contributed by atoms with E-state index in [1.807, 2.05) is 13.8 Å². The second-order valence-corrected chi connectivity index (χ2v) is 4.71. The van der Waals surface area contributed by atoms with E-state index in [0.29, 0.717) is 13.0 Å². The van der Waals surface area contributed by atoms with Crippen LogP contribution in [0, 0.1) is 0 Å². The Morgan fingerprint density at radius 2 is 2.00 bits per heavy atom. The van der Waals surface area contributed by atoms with Gasteiger partial charge in [0.05, 0.1) is 12.2 Å². The zero-order valence-electron chi connectivity index (χ0n) is 9.75. The number of Topliss-reactive ketones (excluding diaryl/α,β-unsaturated/α-hetero) is 1. The third-order valence-corrected chi connectivity index (χ3v) is 2.37. The molecular weight excluding hydrogens is 196 g/mol. The maximum atomic E-state index is 11.7. The minimum absolute atomic E-state index is 0.0433. The first-order chi connectivity index (χ1) is 6.79. The van der Waals surface area contributed by atoms with Crippen molar-refractivity contribution in [3.05, 3.63) is 0 Å². The van der Waals surface area contributed by atoms with E-state index >= 15 is 0 Å². The third kappa shape index (κ3) is 2.78. The molecule has 1 unspecified atom stereocenters. The van der Waals surface area contributed by atoms with Gasteiger partial charge in [0.2, 0.25) is 0 Å². The van der Waals surface area contributed by atoms with Crippen LogP contribution in [0.2, 0.25) is 0 Å². The van der Waals surface area contributed by atoms with Gasteiger partial charge in [-0.3, -0.25) is 4.79 Å². The maximum absolute atomic E-state index is 11.7. The van der Waals surface area contributed by atoms with Crippen molar-refractivity contribution < 1.29 is 19.1 Å². The van der Waals surface area contributed by atoms with Gasteiger partial charge in [0, 0.05) is 12.8 Å². The summed E-state index contributed by atoms with van der Waals surface area (Å²) in [4.78, 5) is 23.2. The molecule has 4 nitrogen and oxygen atoms in total. The first-order valence-corrected chi connectivity index (χ1v) is 5.18. The first-order valence-electron chi connectivity index (χ1n) is 5.18. The van der Waals surface area contributed by atoms with Crippen molar-refractivity contribution in [1.29, 1.82) is 0 Å². The number of hydrogen-bond donors (Lipinski definition) is 0. The van der Waals surface area contributed by atoms with Gasteiger partial charge in [0.25, 0.3) is 0 Å². The van der Waals surface area contributed by atoms with E-state index in [1.54, 1.807) is 13.8 Å². The van der Waals surface area contributed by atoms with Gasteiger partial charge in [-0.15, -0.1) is 0 Å². The lowest BCUT2D eigenvalue weighted by molar-refractivity contribution is -0.202. The molecule has 15 heavy (non-hydrogen) atoms. The predicted octanol–water partition coefficient (Wildman–Crippen LogP) is 1.47. The molecule has 1 fully saturated rings. The molecule has 0 N–H and O–H groups in total. The van der Waals surface area contributed by atoms with Crippen LogP contribution in [0.3, 0.4) is 0 Å². The maximum Gasteiger partial charge on any atom is 0.338 e. The Labute approximate surface area is 89.9 Å². The van der Waals surface area contributed by atoms with Crippen LogP contribution in [0.15, 0.2) is 0 Å². The molecule has 86 valence electrons. The van der Waals surface area contributed by atoms with E-state index in [1.165, 1.54) is 0 Å². The minimum Gasteiger partial charge on any atom is -0.464 e. The van der Waals surface area contributed by atoms with Gasteiger partial charge in [-0.05, 0) is 27.7 Å². The monoisotopic (exact) mass is 214 g/mol. The molecule has 1 rings (SSSR count). The largest absolute Gasteiger partial charge is 0.464 e. The average molecular weight is 214 g/mol. The molecule has 0 amide bonds. The summed E-state index contributed by atoms with van der Waals surface area (Å²) in [5.41, 5.74) is -1.70. The van der Waals surface area contributed by atoms with Crippen LogP contribution in [-0.2, 0) is 19.1 Å². The van der Waals surface area contributed by atoms with E-state index in [4.69, 9.17) is 9.47 Å². The van der Waals surface area contributed by atoms with Crippen LogP contribution in [0.25, 0.3) is 0 Å². The Kier molecular flexibility index (Phi) is 3.19. The number of ether oxygens (including phenoxy) is 2. The molecule has 1 atom stereocenters. The molecule has 1 aliphatic rings. The molecule has 1 heterocycles. The SMILES string of the molecule is CCOC(=O)C1(C)CC(=O)CC(C)(C)O1. The smallest absolute Gasteiger partial charge is 0.338 e. The zero-order chi connectivity index (χ0) is 11.7.